The summed E-state index contributed by atoms with van der Waals surface area (Å²) in [6.45, 7) is 0. The van der Waals surface area contributed by atoms with Crippen LogP contribution in [0.1, 0.15) is 16.1 Å². The molecule has 0 saturated carbocycles. The minimum Gasteiger partial charge on any atom is -0.497 e. The molecular formula is C30H24N2O6S. The van der Waals surface area contributed by atoms with Crippen molar-refractivity contribution in [2.75, 3.05) is 26.2 Å². The highest BCUT2D eigenvalue weighted by molar-refractivity contribution is 8.19. The van der Waals surface area contributed by atoms with Crippen molar-refractivity contribution in [3.63, 3.8) is 0 Å². The molecule has 5 rings (SSSR count). The number of furan rings is 1. The lowest BCUT2D eigenvalue weighted by Crippen LogP contribution is -2.28. The molecule has 0 unspecified atom stereocenters. The molecule has 0 aliphatic carbocycles. The number of hydrogen-bond acceptors (Lipinski definition) is 8. The summed E-state index contributed by atoms with van der Waals surface area (Å²) in [6, 6.07) is 25.0. The van der Waals surface area contributed by atoms with Gasteiger partial charge in [0.1, 0.15) is 23.0 Å². The Morgan fingerprint density at radius 1 is 0.897 bits per heavy atom. The molecule has 1 amide bonds. The summed E-state index contributed by atoms with van der Waals surface area (Å²) in [7, 11) is 4.53. The van der Waals surface area contributed by atoms with Gasteiger partial charge in [-0.05, 0) is 84.6 Å². The second-order valence-corrected chi connectivity index (χ2v) is 9.33. The topological polar surface area (TPSA) is 90.6 Å². The monoisotopic (exact) mass is 540 g/mol. The fraction of sp³-hybridized carbons (Fsp3) is 0.100. The fourth-order valence-electron chi connectivity index (χ4n) is 3.91. The minimum atomic E-state index is -0.430. The number of aliphatic imine (C=N–C) groups is 1. The van der Waals surface area contributed by atoms with Crippen molar-refractivity contribution in [3.8, 4) is 22.8 Å². The van der Waals surface area contributed by atoms with E-state index in [1.165, 1.54) is 18.9 Å². The van der Waals surface area contributed by atoms with Gasteiger partial charge in [-0.3, -0.25) is 9.69 Å². The Hall–Kier alpha value is -4.76. The first-order valence-electron chi connectivity index (χ1n) is 11.9. The molecule has 1 saturated heterocycles. The number of esters is 1. The number of benzene rings is 3. The van der Waals surface area contributed by atoms with E-state index in [-0.39, 0.29) is 5.91 Å². The lowest BCUT2D eigenvalue weighted by atomic mass is 10.1. The molecule has 1 aliphatic rings. The summed E-state index contributed by atoms with van der Waals surface area (Å²) in [5.74, 6) is 1.78. The summed E-state index contributed by atoms with van der Waals surface area (Å²) in [5, 5.41) is 0.499. The number of amides is 1. The Balaban J connectivity index is 1.48. The van der Waals surface area contributed by atoms with E-state index in [0.717, 1.165) is 5.56 Å². The SMILES string of the molecule is COC(=O)c1cccc(-c2ccc(/C=C3\SC(=Nc4ccc(OC)cc4)N(c4ccc(OC)cc4)C3=O)o2)c1. The number of carbonyl (C=O) groups excluding carboxylic acids is 2. The third kappa shape index (κ3) is 5.58. The van der Waals surface area contributed by atoms with Gasteiger partial charge in [-0.1, -0.05) is 12.1 Å². The Labute approximate surface area is 229 Å². The van der Waals surface area contributed by atoms with E-state index in [0.29, 0.717) is 50.0 Å². The zero-order chi connectivity index (χ0) is 27.4. The number of hydrogen-bond donors (Lipinski definition) is 0. The number of anilines is 1. The van der Waals surface area contributed by atoms with Crippen molar-refractivity contribution in [1.29, 1.82) is 0 Å². The molecule has 0 N–H and O–H groups in total. The van der Waals surface area contributed by atoms with Crippen LogP contribution in [0.25, 0.3) is 17.4 Å². The minimum absolute atomic E-state index is 0.233. The standard InChI is InChI=1S/C30H24N2O6S/c1-35-23-11-7-21(8-12-23)31-30-32(22-9-13-24(36-2)14-10-22)28(33)27(39-30)18-25-15-16-26(38-25)19-5-4-6-20(17-19)29(34)37-3/h4-18H,1-3H3/b27-18-,31-30?. The van der Waals surface area contributed by atoms with Crippen LogP contribution in [-0.2, 0) is 9.53 Å². The zero-order valence-electron chi connectivity index (χ0n) is 21.4. The molecule has 3 aromatic carbocycles. The van der Waals surface area contributed by atoms with E-state index in [1.807, 2.05) is 42.5 Å². The third-order valence-electron chi connectivity index (χ3n) is 5.90. The largest absolute Gasteiger partial charge is 0.497 e. The first-order chi connectivity index (χ1) is 19.0. The van der Waals surface area contributed by atoms with Crippen LogP contribution in [-0.4, -0.2) is 38.4 Å². The summed E-state index contributed by atoms with van der Waals surface area (Å²) in [4.78, 5) is 32.3. The van der Waals surface area contributed by atoms with Gasteiger partial charge in [0.15, 0.2) is 5.17 Å². The van der Waals surface area contributed by atoms with Gasteiger partial charge in [-0.2, -0.15) is 0 Å². The van der Waals surface area contributed by atoms with Gasteiger partial charge in [0.05, 0.1) is 43.2 Å². The van der Waals surface area contributed by atoms with Crippen molar-refractivity contribution in [2.45, 2.75) is 0 Å². The van der Waals surface area contributed by atoms with Crippen LogP contribution in [0.5, 0.6) is 11.5 Å². The van der Waals surface area contributed by atoms with E-state index >= 15 is 0 Å². The van der Waals surface area contributed by atoms with Crippen LogP contribution >= 0.6 is 11.8 Å². The van der Waals surface area contributed by atoms with Crippen molar-refractivity contribution in [1.82, 2.24) is 0 Å². The predicted molar refractivity (Wildman–Crippen MR) is 152 cm³/mol. The number of ether oxygens (including phenoxy) is 3. The number of methoxy groups -OCH3 is 3. The maximum atomic E-state index is 13.6. The smallest absolute Gasteiger partial charge is 0.337 e. The Bertz CT molecular complexity index is 1570. The van der Waals surface area contributed by atoms with E-state index < -0.39 is 5.97 Å². The maximum absolute atomic E-state index is 13.6. The molecule has 0 radical (unpaired) electrons. The van der Waals surface area contributed by atoms with Gasteiger partial charge < -0.3 is 18.6 Å². The molecule has 9 heteroatoms. The quantitative estimate of drug-likeness (QED) is 0.194. The number of carbonyl (C=O) groups is 2. The van der Waals surface area contributed by atoms with Crippen molar-refractivity contribution >= 4 is 46.3 Å². The van der Waals surface area contributed by atoms with Gasteiger partial charge in [0.2, 0.25) is 0 Å². The molecule has 2 heterocycles. The van der Waals surface area contributed by atoms with Crippen molar-refractivity contribution in [2.24, 2.45) is 4.99 Å². The molecule has 1 fully saturated rings. The number of rotatable bonds is 7. The van der Waals surface area contributed by atoms with Crippen LogP contribution in [0.3, 0.4) is 0 Å². The molecule has 0 atom stereocenters. The number of nitrogens with zero attached hydrogens (tertiary/aromatic N) is 2. The maximum Gasteiger partial charge on any atom is 0.337 e. The fourth-order valence-corrected chi connectivity index (χ4v) is 4.89. The first kappa shape index (κ1) is 25.9. The first-order valence-corrected chi connectivity index (χ1v) is 12.7. The van der Waals surface area contributed by atoms with E-state index in [1.54, 1.807) is 67.7 Å². The molecule has 4 aromatic rings. The highest BCUT2D eigenvalue weighted by Gasteiger charge is 2.35. The Morgan fingerprint density at radius 3 is 2.26 bits per heavy atom. The summed E-state index contributed by atoms with van der Waals surface area (Å²) >= 11 is 1.25. The van der Waals surface area contributed by atoms with Crippen molar-refractivity contribution < 1.29 is 28.2 Å². The van der Waals surface area contributed by atoms with Crippen LogP contribution < -0.4 is 14.4 Å². The summed E-state index contributed by atoms with van der Waals surface area (Å²) < 4.78 is 21.3. The van der Waals surface area contributed by atoms with Gasteiger partial charge in [-0.25, -0.2) is 9.79 Å². The number of amidine groups is 1. The van der Waals surface area contributed by atoms with Crippen molar-refractivity contribution in [3.05, 3.63) is 101 Å². The van der Waals surface area contributed by atoms with Gasteiger partial charge in [-0.15, -0.1) is 0 Å². The van der Waals surface area contributed by atoms with E-state index in [9.17, 15) is 9.59 Å². The van der Waals surface area contributed by atoms with Gasteiger partial charge in [0.25, 0.3) is 5.91 Å². The molecular weight excluding hydrogens is 516 g/mol. The van der Waals surface area contributed by atoms with E-state index in [2.05, 4.69) is 0 Å². The van der Waals surface area contributed by atoms with Crippen LogP contribution in [0, 0.1) is 0 Å². The normalized spacial score (nSPS) is 15.2. The molecule has 39 heavy (non-hydrogen) atoms. The Morgan fingerprint density at radius 2 is 1.59 bits per heavy atom. The average Bonchev–Trinajstić information content (AvgIpc) is 3.57. The molecule has 0 spiro atoms. The Kier molecular flexibility index (Phi) is 7.51. The highest BCUT2D eigenvalue weighted by Crippen LogP contribution is 2.38. The average molecular weight is 541 g/mol. The van der Waals surface area contributed by atoms with Crippen LogP contribution in [0.4, 0.5) is 11.4 Å². The zero-order valence-corrected chi connectivity index (χ0v) is 22.2. The molecule has 1 aliphatic heterocycles. The van der Waals surface area contributed by atoms with Gasteiger partial charge in [0, 0.05) is 11.6 Å². The van der Waals surface area contributed by atoms with E-state index in [4.69, 9.17) is 23.6 Å². The van der Waals surface area contributed by atoms with Gasteiger partial charge >= 0.3 is 5.97 Å². The van der Waals surface area contributed by atoms with Crippen LogP contribution in [0.2, 0.25) is 0 Å². The second-order valence-electron chi connectivity index (χ2n) is 8.32. The highest BCUT2D eigenvalue weighted by atomic mass is 32.2. The summed E-state index contributed by atoms with van der Waals surface area (Å²) in [5.41, 5.74) is 2.47. The van der Waals surface area contributed by atoms with Crippen LogP contribution in [0.15, 0.2) is 99.2 Å². The third-order valence-corrected chi connectivity index (χ3v) is 6.87. The molecule has 1 aromatic heterocycles. The predicted octanol–water partition coefficient (Wildman–Crippen LogP) is 6.56. The summed E-state index contributed by atoms with van der Waals surface area (Å²) in [6.07, 6.45) is 1.69. The molecule has 196 valence electrons. The second kappa shape index (κ2) is 11.3. The molecule has 8 nitrogen and oxygen atoms in total. The molecule has 0 bridgehead atoms. The lowest BCUT2D eigenvalue weighted by molar-refractivity contribution is -0.113. The lowest BCUT2D eigenvalue weighted by Gasteiger charge is -2.16. The number of thioether (sulfide) groups is 1.